The van der Waals surface area contributed by atoms with Gasteiger partial charge in [-0.1, -0.05) is 30.7 Å². The molecule has 0 saturated carbocycles. The van der Waals surface area contributed by atoms with Crippen LogP contribution in [0, 0.1) is 0 Å². The molecular weight excluding hydrogens is 254 g/mol. The van der Waals surface area contributed by atoms with Crippen molar-refractivity contribution in [3.05, 3.63) is 29.3 Å². The standard InChI is InChI=1S/C13H18ClNO3/c1-2-10(9-16)15-13(17)7-8-18-12-6-4-3-5-11(12)14/h3-6,10,16H,2,7-9H2,1H3,(H,15,17)/t10-/m1/s1. The number of nitrogens with one attached hydrogen (secondary N) is 1. The summed E-state index contributed by atoms with van der Waals surface area (Å²) in [5, 5.41) is 12.2. The van der Waals surface area contributed by atoms with Crippen molar-refractivity contribution in [2.45, 2.75) is 25.8 Å². The normalized spacial score (nSPS) is 11.9. The van der Waals surface area contributed by atoms with E-state index < -0.39 is 0 Å². The van der Waals surface area contributed by atoms with Gasteiger partial charge in [0.05, 0.1) is 30.7 Å². The van der Waals surface area contributed by atoms with Crippen molar-refractivity contribution >= 4 is 17.5 Å². The molecular formula is C13H18ClNO3. The van der Waals surface area contributed by atoms with Crippen LogP contribution in [0.2, 0.25) is 5.02 Å². The summed E-state index contributed by atoms with van der Waals surface area (Å²) in [5.41, 5.74) is 0. The fraction of sp³-hybridized carbons (Fsp3) is 0.462. The average molecular weight is 272 g/mol. The summed E-state index contributed by atoms with van der Waals surface area (Å²) in [6.45, 7) is 2.12. The lowest BCUT2D eigenvalue weighted by Crippen LogP contribution is -2.37. The molecule has 100 valence electrons. The topological polar surface area (TPSA) is 58.6 Å². The third-order valence-corrected chi connectivity index (χ3v) is 2.81. The molecule has 0 heterocycles. The zero-order valence-corrected chi connectivity index (χ0v) is 11.1. The maximum atomic E-state index is 11.5. The third-order valence-electron chi connectivity index (χ3n) is 2.50. The van der Waals surface area contributed by atoms with Gasteiger partial charge in [0.2, 0.25) is 5.91 Å². The third kappa shape index (κ3) is 4.94. The Kier molecular flexibility index (Phi) is 6.54. The molecule has 1 aromatic rings. The fourth-order valence-electron chi connectivity index (χ4n) is 1.39. The van der Waals surface area contributed by atoms with E-state index in [9.17, 15) is 4.79 Å². The molecule has 1 amide bonds. The average Bonchev–Trinajstić information content (AvgIpc) is 2.38. The van der Waals surface area contributed by atoms with Crippen LogP contribution >= 0.6 is 11.6 Å². The molecule has 18 heavy (non-hydrogen) atoms. The quantitative estimate of drug-likeness (QED) is 0.797. The Morgan fingerprint density at radius 2 is 2.22 bits per heavy atom. The van der Waals surface area contributed by atoms with E-state index in [1.54, 1.807) is 12.1 Å². The van der Waals surface area contributed by atoms with Gasteiger partial charge in [-0.3, -0.25) is 4.79 Å². The smallest absolute Gasteiger partial charge is 0.223 e. The van der Waals surface area contributed by atoms with Crippen molar-refractivity contribution in [2.75, 3.05) is 13.2 Å². The van der Waals surface area contributed by atoms with Gasteiger partial charge in [-0.2, -0.15) is 0 Å². The Morgan fingerprint density at radius 1 is 1.50 bits per heavy atom. The minimum Gasteiger partial charge on any atom is -0.491 e. The number of halogens is 1. The number of amides is 1. The molecule has 0 aromatic heterocycles. The molecule has 4 nitrogen and oxygen atoms in total. The number of ether oxygens (including phenoxy) is 1. The minimum atomic E-state index is -0.183. The maximum absolute atomic E-state index is 11.5. The highest BCUT2D eigenvalue weighted by atomic mass is 35.5. The van der Waals surface area contributed by atoms with Crippen molar-refractivity contribution in [3.63, 3.8) is 0 Å². The highest BCUT2D eigenvalue weighted by molar-refractivity contribution is 6.32. The van der Waals surface area contributed by atoms with Crippen LogP contribution in [0.5, 0.6) is 5.75 Å². The number of aliphatic hydroxyl groups excluding tert-OH is 1. The molecule has 0 fully saturated rings. The fourth-order valence-corrected chi connectivity index (χ4v) is 1.58. The van der Waals surface area contributed by atoms with Crippen molar-refractivity contribution < 1.29 is 14.6 Å². The molecule has 2 N–H and O–H groups in total. The number of hydrogen-bond donors (Lipinski definition) is 2. The number of carbonyl (C=O) groups is 1. The molecule has 0 saturated heterocycles. The van der Waals surface area contributed by atoms with Gasteiger partial charge >= 0.3 is 0 Å². The van der Waals surface area contributed by atoms with Crippen LogP contribution in [0.4, 0.5) is 0 Å². The Hall–Kier alpha value is -1.26. The number of hydrogen-bond acceptors (Lipinski definition) is 3. The van der Waals surface area contributed by atoms with E-state index in [1.807, 2.05) is 19.1 Å². The molecule has 5 heteroatoms. The molecule has 0 aliphatic carbocycles. The summed E-state index contributed by atoms with van der Waals surface area (Å²) in [6.07, 6.45) is 0.940. The van der Waals surface area contributed by atoms with E-state index in [1.165, 1.54) is 0 Å². The van der Waals surface area contributed by atoms with Crippen molar-refractivity contribution in [1.29, 1.82) is 0 Å². The van der Waals surface area contributed by atoms with Crippen LogP contribution < -0.4 is 10.1 Å². The first kappa shape index (κ1) is 14.8. The van der Waals surface area contributed by atoms with E-state index in [-0.39, 0.29) is 31.6 Å². The van der Waals surface area contributed by atoms with Gasteiger partial charge in [-0.25, -0.2) is 0 Å². The minimum absolute atomic E-state index is 0.0480. The maximum Gasteiger partial charge on any atom is 0.223 e. The van der Waals surface area contributed by atoms with Crippen LogP contribution in [0.15, 0.2) is 24.3 Å². The molecule has 1 atom stereocenters. The molecule has 0 aliphatic rings. The first-order valence-corrected chi connectivity index (χ1v) is 6.32. The van der Waals surface area contributed by atoms with Crippen LogP contribution in [-0.2, 0) is 4.79 Å². The molecule has 0 aliphatic heterocycles. The van der Waals surface area contributed by atoms with Gasteiger partial charge < -0.3 is 15.2 Å². The molecule has 1 rings (SSSR count). The lowest BCUT2D eigenvalue weighted by atomic mass is 10.2. The van der Waals surface area contributed by atoms with Gasteiger partial charge in [0.15, 0.2) is 0 Å². The lowest BCUT2D eigenvalue weighted by molar-refractivity contribution is -0.122. The summed E-state index contributed by atoms with van der Waals surface area (Å²) < 4.78 is 5.40. The Balaban J connectivity index is 2.29. The van der Waals surface area contributed by atoms with Crippen molar-refractivity contribution in [2.24, 2.45) is 0 Å². The highest BCUT2D eigenvalue weighted by Crippen LogP contribution is 2.22. The summed E-state index contributed by atoms with van der Waals surface area (Å²) in [5.74, 6) is 0.434. The monoisotopic (exact) mass is 271 g/mol. The van der Waals surface area contributed by atoms with Gasteiger partial charge in [-0.15, -0.1) is 0 Å². The molecule has 1 aromatic carbocycles. The molecule has 0 radical (unpaired) electrons. The number of aliphatic hydroxyl groups is 1. The second-order valence-corrected chi connectivity index (χ2v) is 4.29. The summed E-state index contributed by atoms with van der Waals surface area (Å²) in [7, 11) is 0. The zero-order valence-electron chi connectivity index (χ0n) is 10.4. The SMILES string of the molecule is CC[C@H](CO)NC(=O)CCOc1ccccc1Cl. The number of carbonyl (C=O) groups excluding carboxylic acids is 1. The van der Waals surface area contributed by atoms with Crippen LogP contribution in [-0.4, -0.2) is 30.3 Å². The number of para-hydroxylation sites is 1. The predicted octanol–water partition coefficient (Wildman–Crippen LogP) is 2.00. The summed E-state index contributed by atoms with van der Waals surface area (Å²) in [6, 6.07) is 6.94. The predicted molar refractivity (Wildman–Crippen MR) is 70.9 cm³/mol. The number of rotatable bonds is 7. The van der Waals surface area contributed by atoms with Crippen LogP contribution in [0.1, 0.15) is 19.8 Å². The van der Waals surface area contributed by atoms with Gasteiger partial charge in [0, 0.05) is 0 Å². The van der Waals surface area contributed by atoms with Crippen LogP contribution in [0.3, 0.4) is 0 Å². The Bertz CT molecular complexity index is 380. The van der Waals surface area contributed by atoms with Gasteiger partial charge in [0.1, 0.15) is 5.75 Å². The first-order valence-electron chi connectivity index (χ1n) is 5.95. The van der Waals surface area contributed by atoms with Gasteiger partial charge in [-0.05, 0) is 18.6 Å². The highest BCUT2D eigenvalue weighted by Gasteiger charge is 2.09. The van der Waals surface area contributed by atoms with Crippen molar-refractivity contribution in [3.8, 4) is 5.75 Å². The second-order valence-electron chi connectivity index (χ2n) is 3.88. The molecule has 0 spiro atoms. The Morgan fingerprint density at radius 3 is 2.83 bits per heavy atom. The molecule has 0 unspecified atom stereocenters. The number of benzene rings is 1. The lowest BCUT2D eigenvalue weighted by Gasteiger charge is -2.14. The summed E-state index contributed by atoms with van der Waals surface area (Å²) >= 11 is 5.91. The zero-order chi connectivity index (χ0) is 13.4. The Labute approximate surface area is 112 Å². The van der Waals surface area contributed by atoms with E-state index in [4.69, 9.17) is 21.4 Å². The molecule has 0 bridgehead atoms. The van der Waals surface area contributed by atoms with Crippen LogP contribution in [0.25, 0.3) is 0 Å². The largest absolute Gasteiger partial charge is 0.491 e. The second kappa shape index (κ2) is 7.95. The van der Waals surface area contributed by atoms with E-state index in [0.717, 1.165) is 0 Å². The van der Waals surface area contributed by atoms with Gasteiger partial charge in [0.25, 0.3) is 0 Å². The van der Waals surface area contributed by atoms with E-state index >= 15 is 0 Å². The summed E-state index contributed by atoms with van der Waals surface area (Å²) in [4.78, 5) is 11.5. The van der Waals surface area contributed by atoms with E-state index in [2.05, 4.69) is 5.32 Å². The van der Waals surface area contributed by atoms with Crippen molar-refractivity contribution in [1.82, 2.24) is 5.32 Å². The van der Waals surface area contributed by atoms with E-state index in [0.29, 0.717) is 17.2 Å². The first-order chi connectivity index (χ1) is 8.67.